The van der Waals surface area contributed by atoms with Crippen molar-refractivity contribution in [2.45, 2.75) is 12.3 Å². The second kappa shape index (κ2) is 4.63. The first-order valence-corrected chi connectivity index (χ1v) is 6.12. The number of halogens is 1. The molecule has 2 unspecified atom stereocenters. The molecule has 16 heavy (non-hydrogen) atoms. The van der Waals surface area contributed by atoms with Gasteiger partial charge < -0.3 is 15.2 Å². The Morgan fingerprint density at radius 1 is 1.31 bits per heavy atom. The van der Waals surface area contributed by atoms with E-state index in [1.54, 1.807) is 14.2 Å². The number of ether oxygens (including phenoxy) is 2. The van der Waals surface area contributed by atoms with E-state index in [2.05, 4.69) is 28.1 Å². The van der Waals surface area contributed by atoms with Gasteiger partial charge in [0.15, 0.2) is 0 Å². The molecule has 1 saturated carbocycles. The maximum Gasteiger partial charge on any atom is 0.137 e. The Morgan fingerprint density at radius 2 is 1.88 bits per heavy atom. The van der Waals surface area contributed by atoms with Gasteiger partial charge in [-0.05, 0) is 58.4 Å². The van der Waals surface area contributed by atoms with E-state index in [9.17, 15) is 0 Å². The van der Waals surface area contributed by atoms with Gasteiger partial charge in [0, 0.05) is 0 Å². The molecule has 0 aromatic heterocycles. The van der Waals surface area contributed by atoms with Gasteiger partial charge in [0.2, 0.25) is 0 Å². The molecule has 0 saturated heterocycles. The predicted molar refractivity (Wildman–Crippen MR) is 67.1 cm³/mol. The highest BCUT2D eigenvalue weighted by Gasteiger charge is 2.37. The molecule has 0 bridgehead atoms. The minimum absolute atomic E-state index is 0.570. The summed E-state index contributed by atoms with van der Waals surface area (Å²) in [4.78, 5) is 0. The summed E-state index contributed by atoms with van der Waals surface area (Å²) in [5, 5.41) is 0. The van der Waals surface area contributed by atoms with Gasteiger partial charge >= 0.3 is 0 Å². The van der Waals surface area contributed by atoms with Crippen molar-refractivity contribution >= 4 is 15.9 Å². The highest BCUT2D eigenvalue weighted by Crippen LogP contribution is 2.49. The summed E-state index contributed by atoms with van der Waals surface area (Å²) in [6, 6.07) is 4.12. The van der Waals surface area contributed by atoms with Crippen molar-refractivity contribution in [2.75, 3.05) is 20.8 Å². The SMILES string of the molecule is COc1cc(C2CC2CN)cc(OC)c1Br. The Labute approximate surface area is 104 Å². The number of methoxy groups -OCH3 is 2. The van der Waals surface area contributed by atoms with Crippen LogP contribution in [0.1, 0.15) is 17.9 Å². The lowest BCUT2D eigenvalue weighted by Crippen LogP contribution is -2.02. The van der Waals surface area contributed by atoms with E-state index in [0.29, 0.717) is 11.8 Å². The van der Waals surface area contributed by atoms with Crippen LogP contribution in [-0.4, -0.2) is 20.8 Å². The maximum atomic E-state index is 5.66. The van der Waals surface area contributed by atoms with Crippen LogP contribution in [-0.2, 0) is 0 Å². The summed E-state index contributed by atoms with van der Waals surface area (Å²) in [5.74, 6) is 2.82. The fourth-order valence-electron chi connectivity index (χ4n) is 2.02. The van der Waals surface area contributed by atoms with Gasteiger partial charge in [-0.3, -0.25) is 0 Å². The van der Waals surface area contributed by atoms with Crippen LogP contribution in [0.4, 0.5) is 0 Å². The highest BCUT2D eigenvalue weighted by atomic mass is 79.9. The lowest BCUT2D eigenvalue weighted by atomic mass is 10.1. The predicted octanol–water partition coefficient (Wildman–Crippen LogP) is 2.53. The molecule has 1 aromatic carbocycles. The van der Waals surface area contributed by atoms with Crippen molar-refractivity contribution in [3.8, 4) is 11.5 Å². The fraction of sp³-hybridized carbons (Fsp3) is 0.500. The average molecular weight is 286 g/mol. The summed E-state index contributed by atoms with van der Waals surface area (Å²) in [6.45, 7) is 0.755. The van der Waals surface area contributed by atoms with Crippen LogP contribution in [0.2, 0.25) is 0 Å². The van der Waals surface area contributed by atoms with Gasteiger partial charge in [-0.15, -0.1) is 0 Å². The van der Waals surface area contributed by atoms with Crippen LogP contribution < -0.4 is 15.2 Å². The molecule has 0 spiro atoms. The molecule has 1 aromatic rings. The molecular formula is C12H16BrNO2. The normalized spacial score (nSPS) is 23.0. The summed E-state index contributed by atoms with van der Waals surface area (Å²) in [5.41, 5.74) is 6.92. The first kappa shape index (κ1) is 11.7. The second-order valence-electron chi connectivity index (χ2n) is 4.08. The number of hydrogen-bond donors (Lipinski definition) is 1. The van der Waals surface area contributed by atoms with Crippen LogP contribution in [0.5, 0.6) is 11.5 Å². The molecule has 0 amide bonds. The van der Waals surface area contributed by atoms with E-state index >= 15 is 0 Å². The molecule has 3 nitrogen and oxygen atoms in total. The zero-order chi connectivity index (χ0) is 11.7. The van der Waals surface area contributed by atoms with Crippen molar-refractivity contribution in [1.29, 1.82) is 0 Å². The number of hydrogen-bond acceptors (Lipinski definition) is 3. The molecule has 88 valence electrons. The average Bonchev–Trinajstić information content (AvgIpc) is 3.08. The topological polar surface area (TPSA) is 44.5 Å². The maximum absolute atomic E-state index is 5.66. The van der Waals surface area contributed by atoms with Crippen molar-refractivity contribution in [2.24, 2.45) is 11.7 Å². The first-order chi connectivity index (χ1) is 7.71. The third-order valence-electron chi connectivity index (χ3n) is 3.12. The third kappa shape index (κ3) is 2.04. The molecule has 0 heterocycles. The molecule has 0 radical (unpaired) electrons. The third-order valence-corrected chi connectivity index (χ3v) is 3.90. The van der Waals surface area contributed by atoms with E-state index in [4.69, 9.17) is 15.2 Å². The quantitative estimate of drug-likeness (QED) is 0.925. The summed E-state index contributed by atoms with van der Waals surface area (Å²) < 4.78 is 11.5. The van der Waals surface area contributed by atoms with Gasteiger partial charge in [0.1, 0.15) is 16.0 Å². The standard InChI is InChI=1S/C12H16BrNO2/c1-15-10-4-7(9-3-8(9)6-14)5-11(16-2)12(10)13/h4-5,8-9H,3,6,14H2,1-2H3. The largest absolute Gasteiger partial charge is 0.495 e. The number of nitrogens with two attached hydrogens (primary N) is 1. The van der Waals surface area contributed by atoms with Gasteiger partial charge in [-0.2, -0.15) is 0 Å². The van der Waals surface area contributed by atoms with Crippen LogP contribution in [0.3, 0.4) is 0 Å². The Morgan fingerprint density at radius 3 is 2.25 bits per heavy atom. The summed E-state index contributed by atoms with van der Waals surface area (Å²) in [7, 11) is 3.33. The molecular weight excluding hydrogens is 270 g/mol. The number of benzene rings is 1. The summed E-state index contributed by atoms with van der Waals surface area (Å²) in [6.07, 6.45) is 1.17. The first-order valence-electron chi connectivity index (χ1n) is 5.32. The molecule has 1 aliphatic rings. The van der Waals surface area contributed by atoms with Crippen LogP contribution in [0, 0.1) is 5.92 Å². The van der Waals surface area contributed by atoms with E-state index < -0.39 is 0 Å². The highest BCUT2D eigenvalue weighted by molar-refractivity contribution is 9.10. The summed E-state index contributed by atoms with van der Waals surface area (Å²) >= 11 is 3.46. The Kier molecular flexibility index (Phi) is 3.40. The molecule has 2 atom stereocenters. The monoisotopic (exact) mass is 285 g/mol. The molecule has 1 fully saturated rings. The van der Waals surface area contributed by atoms with Crippen molar-refractivity contribution in [3.05, 3.63) is 22.2 Å². The minimum Gasteiger partial charge on any atom is -0.495 e. The lowest BCUT2D eigenvalue weighted by Gasteiger charge is -2.11. The van der Waals surface area contributed by atoms with E-state index in [1.807, 2.05) is 0 Å². The zero-order valence-corrected chi connectivity index (χ0v) is 11.1. The van der Waals surface area contributed by atoms with Crippen LogP contribution >= 0.6 is 15.9 Å². The van der Waals surface area contributed by atoms with E-state index in [0.717, 1.165) is 22.5 Å². The second-order valence-corrected chi connectivity index (χ2v) is 4.87. The lowest BCUT2D eigenvalue weighted by molar-refractivity contribution is 0.388. The smallest absolute Gasteiger partial charge is 0.137 e. The van der Waals surface area contributed by atoms with Crippen LogP contribution in [0.15, 0.2) is 16.6 Å². The molecule has 0 aliphatic heterocycles. The Bertz CT molecular complexity index is 370. The minimum atomic E-state index is 0.570. The Balaban J connectivity index is 2.33. The van der Waals surface area contributed by atoms with Gasteiger partial charge in [0.05, 0.1) is 14.2 Å². The van der Waals surface area contributed by atoms with Crippen LogP contribution in [0.25, 0.3) is 0 Å². The molecule has 2 rings (SSSR count). The van der Waals surface area contributed by atoms with E-state index in [1.165, 1.54) is 12.0 Å². The Hall–Kier alpha value is -0.740. The van der Waals surface area contributed by atoms with E-state index in [-0.39, 0.29) is 0 Å². The van der Waals surface area contributed by atoms with Crippen molar-refractivity contribution in [1.82, 2.24) is 0 Å². The van der Waals surface area contributed by atoms with Crippen molar-refractivity contribution < 1.29 is 9.47 Å². The fourth-order valence-corrected chi connectivity index (χ4v) is 2.57. The molecule has 2 N–H and O–H groups in total. The van der Waals surface area contributed by atoms with Crippen molar-refractivity contribution in [3.63, 3.8) is 0 Å². The molecule has 4 heteroatoms. The molecule has 1 aliphatic carbocycles. The van der Waals surface area contributed by atoms with Gasteiger partial charge in [-0.1, -0.05) is 0 Å². The zero-order valence-electron chi connectivity index (χ0n) is 9.50. The number of rotatable bonds is 4. The van der Waals surface area contributed by atoms with Gasteiger partial charge in [0.25, 0.3) is 0 Å². The van der Waals surface area contributed by atoms with Gasteiger partial charge in [-0.25, -0.2) is 0 Å².